The van der Waals surface area contributed by atoms with Gasteiger partial charge in [0.15, 0.2) is 5.78 Å². The maximum atomic E-state index is 13.4. The number of ketones is 1. The van der Waals surface area contributed by atoms with Gasteiger partial charge in [0.05, 0.1) is 6.04 Å². The molecule has 0 aliphatic rings. The van der Waals surface area contributed by atoms with E-state index in [2.05, 4.69) is 21.2 Å². The molecule has 0 saturated heterocycles. The fourth-order valence-electron chi connectivity index (χ4n) is 2.62. The number of likely N-dealkylation sites (N-methyl/N-ethyl adjacent to an activating group) is 1. The number of benzene rings is 2. The second-order valence-corrected chi connectivity index (χ2v) is 7.18. The Morgan fingerprint density at radius 1 is 1.12 bits per heavy atom. The van der Waals surface area contributed by atoms with Crippen molar-refractivity contribution in [2.75, 3.05) is 20.6 Å². The monoisotopic (exact) mass is 420 g/mol. The van der Waals surface area contributed by atoms with Gasteiger partial charge in [-0.1, -0.05) is 40.2 Å². The molecule has 2 rings (SSSR count). The number of nitrogens with zero attached hydrogens (tertiary/aromatic N) is 1. The minimum Gasteiger partial charge on any atom is -0.354 e. The van der Waals surface area contributed by atoms with Crippen LogP contribution >= 0.6 is 15.9 Å². The lowest BCUT2D eigenvalue weighted by Gasteiger charge is -2.25. The summed E-state index contributed by atoms with van der Waals surface area (Å²) in [6.07, 6.45) is 0.276. The Morgan fingerprint density at radius 3 is 2.42 bits per heavy atom. The molecule has 1 unspecified atom stereocenters. The summed E-state index contributed by atoms with van der Waals surface area (Å²) < 4.78 is 14.3. The van der Waals surface area contributed by atoms with Crippen LogP contribution in [0.3, 0.4) is 0 Å². The molecule has 4 nitrogen and oxygen atoms in total. The summed E-state index contributed by atoms with van der Waals surface area (Å²) in [6, 6.07) is 13.3. The zero-order valence-corrected chi connectivity index (χ0v) is 16.4. The summed E-state index contributed by atoms with van der Waals surface area (Å²) in [6.45, 7) is 0.349. The van der Waals surface area contributed by atoms with Crippen LogP contribution < -0.4 is 5.32 Å². The Hall–Kier alpha value is -2.05. The summed E-state index contributed by atoms with van der Waals surface area (Å²) >= 11 is 3.32. The number of nitrogens with one attached hydrogen (secondary N) is 1. The number of amides is 1. The van der Waals surface area contributed by atoms with Gasteiger partial charge in [0.1, 0.15) is 5.82 Å². The second-order valence-electron chi connectivity index (χ2n) is 6.27. The van der Waals surface area contributed by atoms with Gasteiger partial charge in [-0.3, -0.25) is 9.59 Å². The Bertz CT molecular complexity index is 763. The van der Waals surface area contributed by atoms with Crippen LogP contribution in [0.15, 0.2) is 53.0 Å². The SMILES string of the molecule is CN(C)C(CNC(=O)CCC(=O)c1ccc(Br)cc1)c1cccc(F)c1. The molecule has 2 aromatic rings. The third kappa shape index (κ3) is 6.04. The molecule has 1 atom stereocenters. The van der Waals surface area contributed by atoms with Gasteiger partial charge in [0.2, 0.25) is 5.91 Å². The van der Waals surface area contributed by atoms with Crippen LogP contribution in [0.5, 0.6) is 0 Å². The van der Waals surface area contributed by atoms with Gasteiger partial charge >= 0.3 is 0 Å². The first kappa shape index (κ1) is 20.3. The molecule has 138 valence electrons. The van der Waals surface area contributed by atoms with E-state index in [0.717, 1.165) is 10.0 Å². The summed E-state index contributed by atoms with van der Waals surface area (Å²) in [7, 11) is 3.75. The summed E-state index contributed by atoms with van der Waals surface area (Å²) in [5, 5.41) is 2.84. The molecular formula is C20H22BrFN2O2. The van der Waals surface area contributed by atoms with Crippen LogP contribution in [-0.4, -0.2) is 37.2 Å². The molecular weight excluding hydrogens is 399 g/mol. The molecule has 26 heavy (non-hydrogen) atoms. The molecule has 0 heterocycles. The number of hydrogen-bond acceptors (Lipinski definition) is 3. The molecule has 0 saturated carbocycles. The van der Waals surface area contributed by atoms with E-state index in [1.165, 1.54) is 12.1 Å². The topological polar surface area (TPSA) is 49.4 Å². The second kappa shape index (κ2) is 9.59. The highest BCUT2D eigenvalue weighted by Gasteiger charge is 2.16. The van der Waals surface area contributed by atoms with Gasteiger partial charge in [0, 0.05) is 29.4 Å². The Kier molecular flexibility index (Phi) is 7.48. The van der Waals surface area contributed by atoms with Crippen LogP contribution in [0.4, 0.5) is 4.39 Å². The van der Waals surface area contributed by atoms with Crippen molar-refractivity contribution in [3.63, 3.8) is 0 Å². The minimum atomic E-state index is -0.305. The first-order valence-electron chi connectivity index (χ1n) is 8.34. The molecule has 2 aromatic carbocycles. The van der Waals surface area contributed by atoms with E-state index in [1.54, 1.807) is 30.3 Å². The van der Waals surface area contributed by atoms with Gasteiger partial charge < -0.3 is 10.2 Å². The number of rotatable bonds is 8. The third-order valence-electron chi connectivity index (χ3n) is 4.09. The van der Waals surface area contributed by atoms with Crippen molar-refractivity contribution in [1.29, 1.82) is 0 Å². The Balaban J connectivity index is 1.86. The van der Waals surface area contributed by atoms with Crippen LogP contribution in [-0.2, 0) is 4.79 Å². The van der Waals surface area contributed by atoms with Crippen LogP contribution in [0, 0.1) is 5.82 Å². The van der Waals surface area contributed by atoms with Crippen LogP contribution in [0.25, 0.3) is 0 Å². The smallest absolute Gasteiger partial charge is 0.220 e. The van der Waals surface area contributed by atoms with Crippen molar-refractivity contribution in [1.82, 2.24) is 10.2 Å². The molecule has 0 radical (unpaired) electrons. The van der Waals surface area contributed by atoms with Gasteiger partial charge in [0.25, 0.3) is 0 Å². The number of hydrogen-bond donors (Lipinski definition) is 1. The zero-order chi connectivity index (χ0) is 19.1. The highest BCUT2D eigenvalue weighted by atomic mass is 79.9. The third-order valence-corrected chi connectivity index (χ3v) is 4.62. The molecule has 0 bridgehead atoms. The number of halogens is 2. The largest absolute Gasteiger partial charge is 0.354 e. The summed E-state index contributed by atoms with van der Waals surface area (Å²) in [5.74, 6) is -0.568. The van der Waals surface area contributed by atoms with Crippen LogP contribution in [0.1, 0.15) is 34.8 Å². The van der Waals surface area contributed by atoms with Crippen molar-refractivity contribution >= 4 is 27.6 Å². The average Bonchev–Trinajstić information content (AvgIpc) is 2.60. The highest BCUT2D eigenvalue weighted by Crippen LogP contribution is 2.18. The minimum absolute atomic E-state index is 0.0676. The first-order valence-corrected chi connectivity index (χ1v) is 9.13. The maximum Gasteiger partial charge on any atom is 0.220 e. The molecule has 0 fully saturated rings. The van der Waals surface area contributed by atoms with Crippen molar-refractivity contribution in [2.45, 2.75) is 18.9 Å². The fraction of sp³-hybridized carbons (Fsp3) is 0.300. The highest BCUT2D eigenvalue weighted by molar-refractivity contribution is 9.10. The Labute approximate surface area is 161 Å². The van der Waals surface area contributed by atoms with E-state index in [0.29, 0.717) is 12.1 Å². The number of carbonyl (C=O) groups excluding carboxylic acids is 2. The maximum absolute atomic E-state index is 13.4. The molecule has 0 aliphatic heterocycles. The lowest BCUT2D eigenvalue weighted by molar-refractivity contribution is -0.121. The van der Waals surface area contributed by atoms with E-state index in [4.69, 9.17) is 0 Å². The fourth-order valence-corrected chi connectivity index (χ4v) is 2.88. The van der Waals surface area contributed by atoms with Gasteiger partial charge in [-0.05, 0) is 43.9 Å². The zero-order valence-electron chi connectivity index (χ0n) is 14.8. The van der Waals surface area contributed by atoms with Crippen molar-refractivity contribution < 1.29 is 14.0 Å². The molecule has 0 spiro atoms. The lowest BCUT2D eigenvalue weighted by atomic mass is 10.0. The standard InChI is InChI=1S/C20H22BrFN2O2/c1-24(2)18(15-4-3-5-17(22)12-15)13-23-20(26)11-10-19(25)14-6-8-16(21)9-7-14/h3-9,12,18H,10-11,13H2,1-2H3,(H,23,26). The van der Waals surface area contributed by atoms with Gasteiger partial charge in [-0.25, -0.2) is 4.39 Å². The van der Waals surface area contributed by atoms with E-state index in [-0.39, 0.29) is 36.4 Å². The summed E-state index contributed by atoms with van der Waals surface area (Å²) in [4.78, 5) is 26.1. The number of carbonyl (C=O) groups is 2. The predicted octanol–water partition coefficient (Wildman–Crippen LogP) is 3.97. The predicted molar refractivity (Wildman–Crippen MR) is 104 cm³/mol. The van der Waals surface area contributed by atoms with Gasteiger partial charge in [-0.15, -0.1) is 0 Å². The van der Waals surface area contributed by atoms with E-state index in [1.807, 2.05) is 25.1 Å². The van der Waals surface area contributed by atoms with Crippen molar-refractivity contribution in [3.05, 3.63) is 69.9 Å². The number of Topliss-reactive ketones (excluding diaryl/α,β-unsaturated/α-hetero) is 1. The molecule has 0 aromatic heterocycles. The molecule has 1 N–H and O–H groups in total. The van der Waals surface area contributed by atoms with E-state index in [9.17, 15) is 14.0 Å². The quantitative estimate of drug-likeness (QED) is 0.657. The van der Waals surface area contributed by atoms with Crippen molar-refractivity contribution in [2.24, 2.45) is 0 Å². The molecule has 6 heteroatoms. The van der Waals surface area contributed by atoms with Gasteiger partial charge in [-0.2, -0.15) is 0 Å². The normalized spacial score (nSPS) is 12.0. The average molecular weight is 421 g/mol. The van der Waals surface area contributed by atoms with E-state index < -0.39 is 0 Å². The van der Waals surface area contributed by atoms with Crippen molar-refractivity contribution in [3.8, 4) is 0 Å². The Morgan fingerprint density at radius 2 is 1.81 bits per heavy atom. The summed E-state index contributed by atoms with van der Waals surface area (Å²) in [5.41, 5.74) is 1.38. The lowest BCUT2D eigenvalue weighted by Crippen LogP contribution is -2.34. The van der Waals surface area contributed by atoms with Crippen LogP contribution in [0.2, 0.25) is 0 Å². The van der Waals surface area contributed by atoms with E-state index >= 15 is 0 Å². The molecule has 1 amide bonds. The first-order chi connectivity index (χ1) is 12.4. The molecule has 0 aliphatic carbocycles.